The van der Waals surface area contributed by atoms with Gasteiger partial charge >= 0.3 is 56.5 Å². The molecule has 8 heteroatoms. The van der Waals surface area contributed by atoms with E-state index in [9.17, 15) is 4.55 Å². The number of hydrogen-bond acceptors (Lipinski definition) is 5. The van der Waals surface area contributed by atoms with Crippen molar-refractivity contribution in [3.05, 3.63) is 47.8 Å². The molecule has 0 amide bonds. The molecular formula is C18H22KN3O3S. The van der Waals surface area contributed by atoms with Crippen LogP contribution < -0.4 is 4.74 Å². The molecule has 6 nitrogen and oxygen atoms in total. The van der Waals surface area contributed by atoms with Crippen LogP contribution in [0, 0.1) is 6.92 Å². The third kappa shape index (κ3) is 5.52. The standard InChI is InChI=1S/C18H21N3O3S.K.H/c1-13-16(19-9-8-17(13)24-11-5-10-23-2)12-25(22)18-20-14-6-3-4-7-15(14)21-18;;/h3-4,6-9H,5,10-12H2,1-2H3,(H,20,21);;/t25-;;/m0../s1. The van der Waals surface area contributed by atoms with Crippen LogP contribution in [-0.4, -0.2) is 91.2 Å². The quantitative estimate of drug-likeness (QED) is 0.357. The van der Waals surface area contributed by atoms with Crippen molar-refractivity contribution in [1.82, 2.24) is 15.0 Å². The molecule has 1 atom stereocenters. The molecule has 0 unspecified atom stereocenters. The van der Waals surface area contributed by atoms with Crippen LogP contribution in [0.25, 0.3) is 11.0 Å². The van der Waals surface area contributed by atoms with E-state index in [4.69, 9.17) is 9.47 Å². The van der Waals surface area contributed by atoms with Crippen LogP contribution in [0.3, 0.4) is 0 Å². The summed E-state index contributed by atoms with van der Waals surface area (Å²) in [4.78, 5) is 11.9. The number of aromatic nitrogens is 3. The maximum absolute atomic E-state index is 12.7. The molecule has 0 spiro atoms. The van der Waals surface area contributed by atoms with Crippen molar-refractivity contribution >= 4 is 73.6 Å². The minimum atomic E-state index is -1.30. The summed E-state index contributed by atoms with van der Waals surface area (Å²) in [6, 6.07) is 9.47. The molecule has 26 heavy (non-hydrogen) atoms. The first-order valence-electron chi connectivity index (χ1n) is 8.08. The summed E-state index contributed by atoms with van der Waals surface area (Å²) in [5, 5.41) is 0.466. The van der Waals surface area contributed by atoms with Crippen LogP contribution >= 0.6 is 0 Å². The molecule has 3 rings (SSSR count). The molecule has 0 aliphatic heterocycles. The summed E-state index contributed by atoms with van der Waals surface area (Å²) < 4.78 is 23.5. The van der Waals surface area contributed by atoms with Crippen LogP contribution in [0.4, 0.5) is 0 Å². The Labute approximate surface area is 198 Å². The summed E-state index contributed by atoms with van der Waals surface area (Å²) in [5.74, 6) is 1.06. The minimum absolute atomic E-state index is 0. The van der Waals surface area contributed by atoms with Crippen LogP contribution in [0.15, 0.2) is 41.7 Å². The fourth-order valence-corrected chi connectivity index (χ4v) is 3.58. The molecule has 3 aromatic rings. The molecule has 2 heterocycles. The number of para-hydroxylation sites is 2. The third-order valence-corrected chi connectivity index (χ3v) is 5.02. The predicted molar refractivity (Wildman–Crippen MR) is 104 cm³/mol. The molecule has 2 aromatic heterocycles. The van der Waals surface area contributed by atoms with Gasteiger partial charge in [-0.05, 0) is 25.1 Å². The number of methoxy groups -OCH3 is 1. The first-order chi connectivity index (χ1) is 12.2. The Morgan fingerprint density at radius 1 is 1.19 bits per heavy atom. The number of fused-ring (bicyclic) bond motifs is 1. The first kappa shape index (κ1) is 21.8. The average molecular weight is 400 g/mol. The molecule has 0 aliphatic carbocycles. The molecule has 134 valence electrons. The number of imidazole rings is 1. The molecule has 1 aromatic carbocycles. The Morgan fingerprint density at radius 2 is 2.00 bits per heavy atom. The van der Waals surface area contributed by atoms with E-state index in [2.05, 4.69) is 15.0 Å². The summed E-state index contributed by atoms with van der Waals surface area (Å²) >= 11 is -1.30. The predicted octanol–water partition coefficient (Wildman–Crippen LogP) is 2.34. The molecule has 0 saturated heterocycles. The van der Waals surface area contributed by atoms with Crippen molar-refractivity contribution in [3.63, 3.8) is 0 Å². The Hall–Kier alpha value is -0.454. The van der Waals surface area contributed by atoms with E-state index in [1.165, 1.54) is 0 Å². The Balaban J connectivity index is 0.00000243. The molecule has 0 fully saturated rings. The number of nitrogens with zero attached hydrogens (tertiary/aromatic N) is 2. The fourth-order valence-electron chi connectivity index (χ4n) is 2.48. The third-order valence-electron chi connectivity index (χ3n) is 3.86. The van der Waals surface area contributed by atoms with Gasteiger partial charge in [0.2, 0.25) is 0 Å². The molecule has 0 saturated carbocycles. The van der Waals surface area contributed by atoms with Crippen molar-refractivity contribution in [2.45, 2.75) is 24.3 Å². The van der Waals surface area contributed by atoms with E-state index in [1.807, 2.05) is 37.3 Å². The van der Waals surface area contributed by atoms with Gasteiger partial charge in [-0.1, -0.05) is 12.1 Å². The van der Waals surface area contributed by atoms with Crippen molar-refractivity contribution in [2.24, 2.45) is 0 Å². The van der Waals surface area contributed by atoms with E-state index in [0.717, 1.165) is 34.5 Å². The molecule has 0 radical (unpaired) electrons. The van der Waals surface area contributed by atoms with Crippen molar-refractivity contribution in [2.75, 3.05) is 20.3 Å². The second-order valence-corrected chi connectivity index (χ2v) is 6.99. The van der Waals surface area contributed by atoms with Crippen molar-refractivity contribution in [1.29, 1.82) is 0 Å². The van der Waals surface area contributed by atoms with Crippen molar-refractivity contribution in [3.8, 4) is 5.75 Å². The van der Waals surface area contributed by atoms with Crippen molar-refractivity contribution < 1.29 is 14.0 Å². The van der Waals surface area contributed by atoms with E-state index in [-0.39, 0.29) is 51.4 Å². The molecular weight excluding hydrogens is 377 g/mol. The van der Waals surface area contributed by atoms with Crippen LogP contribution in [0.5, 0.6) is 5.75 Å². The van der Waals surface area contributed by atoms with Gasteiger partial charge in [0.15, 0.2) is 5.75 Å². The summed E-state index contributed by atoms with van der Waals surface area (Å²) in [6.07, 6.45) is 2.50. The van der Waals surface area contributed by atoms with Gasteiger partial charge in [0.25, 0.3) is 0 Å². The Morgan fingerprint density at radius 3 is 2.77 bits per heavy atom. The molecule has 1 N–H and O–H groups in total. The zero-order valence-corrected chi connectivity index (χ0v) is 15.1. The molecule has 0 bridgehead atoms. The summed E-state index contributed by atoms with van der Waals surface area (Å²) in [6.45, 7) is 3.17. The SMILES string of the molecule is COCCCOc1ccnc(C[S@+]([O-])c2nc3ccccc3[nH]2)c1C.[KH]. The second kappa shape index (κ2) is 10.8. The Kier molecular flexibility index (Phi) is 9.05. The van der Waals surface area contributed by atoms with Gasteiger partial charge in [-0.25, -0.2) is 0 Å². The van der Waals surface area contributed by atoms with E-state index in [1.54, 1.807) is 13.3 Å². The van der Waals surface area contributed by atoms with Crippen LogP contribution in [0.2, 0.25) is 0 Å². The van der Waals surface area contributed by atoms with Gasteiger partial charge in [-0.15, -0.1) is 0 Å². The Bertz CT molecular complexity index is 810. The van der Waals surface area contributed by atoms with E-state index < -0.39 is 11.2 Å². The number of pyridine rings is 1. The zero-order valence-electron chi connectivity index (χ0n) is 14.3. The summed E-state index contributed by atoms with van der Waals surface area (Å²) in [5.41, 5.74) is 3.35. The van der Waals surface area contributed by atoms with Gasteiger partial charge < -0.3 is 14.0 Å². The fraction of sp³-hybridized carbons (Fsp3) is 0.333. The average Bonchev–Trinajstić information content (AvgIpc) is 3.06. The van der Waals surface area contributed by atoms with Gasteiger partial charge in [0, 0.05) is 43.1 Å². The van der Waals surface area contributed by atoms with Gasteiger partial charge in [-0.3, -0.25) is 9.97 Å². The monoisotopic (exact) mass is 399 g/mol. The topological polar surface area (TPSA) is 83.1 Å². The van der Waals surface area contributed by atoms with E-state index in [0.29, 0.717) is 24.1 Å². The maximum atomic E-state index is 12.7. The number of aromatic amines is 1. The number of ether oxygens (including phenoxy) is 2. The number of benzene rings is 1. The number of nitrogens with one attached hydrogen (secondary N) is 1. The van der Waals surface area contributed by atoms with Gasteiger partial charge in [-0.2, -0.15) is 4.98 Å². The van der Waals surface area contributed by atoms with Crippen LogP contribution in [-0.2, 0) is 21.7 Å². The first-order valence-corrected chi connectivity index (χ1v) is 9.40. The second-order valence-electron chi connectivity index (χ2n) is 5.62. The van der Waals surface area contributed by atoms with Gasteiger partial charge in [0.1, 0.15) is 5.75 Å². The summed E-state index contributed by atoms with van der Waals surface area (Å²) in [7, 11) is 1.67. The molecule has 0 aliphatic rings. The number of H-pyrrole nitrogens is 1. The van der Waals surface area contributed by atoms with E-state index >= 15 is 0 Å². The van der Waals surface area contributed by atoms with Gasteiger partial charge in [0.05, 0.1) is 23.3 Å². The number of rotatable bonds is 8. The zero-order chi connectivity index (χ0) is 17.6. The van der Waals surface area contributed by atoms with Crippen LogP contribution in [0.1, 0.15) is 17.7 Å². The normalized spacial score (nSPS) is 12.0. The number of hydrogen-bond donors (Lipinski definition) is 1.